The first kappa shape index (κ1) is 13.6. The lowest BCUT2D eigenvalue weighted by molar-refractivity contribution is -0.137. The predicted octanol–water partition coefficient (Wildman–Crippen LogP) is 2.46. The van der Waals surface area contributed by atoms with Gasteiger partial charge in [0.05, 0.1) is 17.1 Å². The van der Waals surface area contributed by atoms with Gasteiger partial charge in [0.2, 0.25) is 0 Å². The third-order valence-corrected chi connectivity index (χ3v) is 2.56. The molecule has 0 aliphatic heterocycles. The Morgan fingerprint density at radius 3 is 2.74 bits per heavy atom. The molecule has 0 saturated carbocycles. The SMILES string of the molecule is FC(F)(F)c1cnc(NCCn2cncn2)c(Cl)c1. The molecule has 0 aliphatic rings. The number of pyridine rings is 1. The van der Waals surface area contributed by atoms with Crippen LogP contribution in [-0.2, 0) is 12.7 Å². The summed E-state index contributed by atoms with van der Waals surface area (Å²) in [6.07, 6.45) is -0.785. The van der Waals surface area contributed by atoms with E-state index in [0.717, 1.165) is 12.3 Å². The number of nitrogens with one attached hydrogen (secondary N) is 1. The Hall–Kier alpha value is -1.83. The number of halogens is 4. The van der Waals surface area contributed by atoms with E-state index in [1.54, 1.807) is 4.68 Å². The van der Waals surface area contributed by atoms with Crippen molar-refractivity contribution >= 4 is 17.4 Å². The molecular weight excluding hydrogens is 283 g/mol. The van der Waals surface area contributed by atoms with E-state index in [1.165, 1.54) is 12.7 Å². The molecule has 0 radical (unpaired) electrons. The molecule has 0 atom stereocenters. The second kappa shape index (κ2) is 5.43. The van der Waals surface area contributed by atoms with Crippen molar-refractivity contribution in [2.75, 3.05) is 11.9 Å². The van der Waals surface area contributed by atoms with Gasteiger partial charge in [0.25, 0.3) is 0 Å². The van der Waals surface area contributed by atoms with Crippen LogP contribution in [0.15, 0.2) is 24.9 Å². The van der Waals surface area contributed by atoms with Crippen LogP contribution in [0.1, 0.15) is 5.56 Å². The van der Waals surface area contributed by atoms with Gasteiger partial charge in [-0.05, 0) is 6.07 Å². The summed E-state index contributed by atoms with van der Waals surface area (Å²) < 4.78 is 38.8. The lowest BCUT2D eigenvalue weighted by Gasteiger charge is -2.10. The summed E-state index contributed by atoms with van der Waals surface area (Å²) in [5, 5.41) is 6.63. The Morgan fingerprint density at radius 2 is 2.16 bits per heavy atom. The first-order chi connectivity index (χ1) is 8.97. The average molecular weight is 292 g/mol. The van der Waals surface area contributed by atoms with Gasteiger partial charge in [-0.3, -0.25) is 4.68 Å². The topological polar surface area (TPSA) is 55.6 Å². The summed E-state index contributed by atoms with van der Waals surface area (Å²) >= 11 is 5.74. The van der Waals surface area contributed by atoms with E-state index >= 15 is 0 Å². The maximum Gasteiger partial charge on any atom is 0.417 e. The Morgan fingerprint density at radius 1 is 1.37 bits per heavy atom. The zero-order valence-electron chi connectivity index (χ0n) is 9.52. The predicted molar refractivity (Wildman–Crippen MR) is 62.8 cm³/mol. The van der Waals surface area contributed by atoms with Crippen LogP contribution in [0.4, 0.5) is 19.0 Å². The van der Waals surface area contributed by atoms with Crippen molar-refractivity contribution in [1.29, 1.82) is 0 Å². The molecule has 2 heterocycles. The van der Waals surface area contributed by atoms with Gasteiger partial charge in [0.15, 0.2) is 0 Å². The average Bonchev–Trinajstić information content (AvgIpc) is 2.83. The Labute approximate surface area is 111 Å². The lowest BCUT2D eigenvalue weighted by Crippen LogP contribution is -2.13. The van der Waals surface area contributed by atoms with Crippen LogP contribution >= 0.6 is 11.6 Å². The third kappa shape index (κ3) is 3.57. The Kier molecular flexibility index (Phi) is 3.89. The molecule has 0 aliphatic carbocycles. The molecule has 19 heavy (non-hydrogen) atoms. The highest BCUT2D eigenvalue weighted by atomic mass is 35.5. The molecule has 0 amide bonds. The second-order valence-corrected chi connectivity index (χ2v) is 4.04. The van der Waals surface area contributed by atoms with Crippen LogP contribution in [-0.4, -0.2) is 26.3 Å². The van der Waals surface area contributed by atoms with Crippen molar-refractivity contribution in [1.82, 2.24) is 19.7 Å². The molecule has 0 bridgehead atoms. The van der Waals surface area contributed by atoms with E-state index < -0.39 is 11.7 Å². The molecule has 5 nitrogen and oxygen atoms in total. The zero-order chi connectivity index (χ0) is 13.9. The summed E-state index contributed by atoms with van der Waals surface area (Å²) in [6.45, 7) is 0.917. The Bertz CT molecular complexity index is 541. The fraction of sp³-hybridized carbons (Fsp3) is 0.300. The highest BCUT2D eigenvalue weighted by Gasteiger charge is 2.31. The van der Waals surface area contributed by atoms with Crippen LogP contribution in [0.2, 0.25) is 5.02 Å². The highest BCUT2D eigenvalue weighted by Crippen LogP contribution is 2.32. The molecular formula is C10H9ClF3N5. The minimum absolute atomic E-state index is 0.0755. The molecule has 0 unspecified atom stereocenters. The van der Waals surface area contributed by atoms with E-state index in [0.29, 0.717) is 13.1 Å². The third-order valence-electron chi connectivity index (χ3n) is 2.27. The molecule has 0 fully saturated rings. The van der Waals surface area contributed by atoms with Gasteiger partial charge in [0.1, 0.15) is 18.5 Å². The fourth-order valence-corrected chi connectivity index (χ4v) is 1.59. The normalized spacial score (nSPS) is 11.6. The molecule has 0 spiro atoms. The largest absolute Gasteiger partial charge is 0.417 e. The smallest absolute Gasteiger partial charge is 0.367 e. The van der Waals surface area contributed by atoms with Gasteiger partial charge in [-0.2, -0.15) is 18.3 Å². The minimum atomic E-state index is -4.45. The fourth-order valence-electron chi connectivity index (χ4n) is 1.36. The second-order valence-electron chi connectivity index (χ2n) is 3.64. The van der Waals surface area contributed by atoms with Crippen LogP contribution in [0.5, 0.6) is 0 Å². The first-order valence-electron chi connectivity index (χ1n) is 5.26. The van der Waals surface area contributed by atoms with Gasteiger partial charge in [-0.25, -0.2) is 9.97 Å². The summed E-state index contributed by atoms with van der Waals surface area (Å²) in [4.78, 5) is 7.42. The van der Waals surface area contributed by atoms with Crippen molar-refractivity contribution in [3.63, 3.8) is 0 Å². The summed E-state index contributed by atoms with van der Waals surface area (Å²) in [5.41, 5.74) is -0.876. The number of hydrogen-bond acceptors (Lipinski definition) is 4. The van der Waals surface area contributed by atoms with Crippen LogP contribution in [0, 0.1) is 0 Å². The number of hydrogen-bond donors (Lipinski definition) is 1. The number of nitrogens with zero attached hydrogens (tertiary/aromatic N) is 4. The van der Waals surface area contributed by atoms with Crippen LogP contribution in [0.3, 0.4) is 0 Å². The molecule has 1 N–H and O–H groups in total. The molecule has 2 rings (SSSR count). The number of alkyl halides is 3. The van der Waals surface area contributed by atoms with Crippen molar-refractivity contribution in [2.24, 2.45) is 0 Å². The van der Waals surface area contributed by atoms with Crippen LogP contribution in [0.25, 0.3) is 0 Å². The van der Waals surface area contributed by atoms with Gasteiger partial charge >= 0.3 is 6.18 Å². The van der Waals surface area contributed by atoms with Gasteiger partial charge in [-0.15, -0.1) is 0 Å². The van der Waals surface area contributed by atoms with Gasteiger partial charge < -0.3 is 5.32 Å². The van der Waals surface area contributed by atoms with E-state index in [9.17, 15) is 13.2 Å². The summed E-state index contributed by atoms with van der Waals surface area (Å²) in [5.74, 6) is 0.204. The standard InChI is InChI=1S/C10H9ClF3N5/c11-8-3-7(10(12,13)14)4-17-9(8)16-1-2-19-6-15-5-18-19/h3-6H,1-2H2,(H,16,17). The molecule has 0 saturated heterocycles. The first-order valence-corrected chi connectivity index (χ1v) is 5.63. The summed E-state index contributed by atoms with van der Waals surface area (Å²) in [7, 11) is 0. The van der Waals surface area contributed by atoms with Crippen LogP contribution < -0.4 is 5.32 Å². The van der Waals surface area contributed by atoms with Gasteiger partial charge in [0, 0.05) is 12.7 Å². The number of anilines is 1. The monoisotopic (exact) mass is 291 g/mol. The van der Waals surface area contributed by atoms with Crippen molar-refractivity contribution in [2.45, 2.75) is 12.7 Å². The van der Waals surface area contributed by atoms with E-state index in [4.69, 9.17) is 11.6 Å². The highest BCUT2D eigenvalue weighted by molar-refractivity contribution is 6.32. The minimum Gasteiger partial charge on any atom is -0.367 e. The maximum absolute atomic E-state index is 12.4. The molecule has 2 aromatic heterocycles. The Balaban J connectivity index is 1.97. The molecule has 9 heteroatoms. The van der Waals surface area contributed by atoms with Crippen molar-refractivity contribution in [3.8, 4) is 0 Å². The van der Waals surface area contributed by atoms with E-state index in [1.807, 2.05) is 0 Å². The van der Waals surface area contributed by atoms with E-state index in [2.05, 4.69) is 20.4 Å². The quantitative estimate of drug-likeness (QED) is 0.940. The summed E-state index contributed by atoms with van der Waals surface area (Å²) in [6, 6.07) is 0.840. The van der Waals surface area contributed by atoms with Crippen molar-refractivity contribution in [3.05, 3.63) is 35.5 Å². The number of rotatable bonds is 4. The van der Waals surface area contributed by atoms with Gasteiger partial charge in [-0.1, -0.05) is 11.6 Å². The molecule has 102 valence electrons. The molecule has 0 aromatic carbocycles. The van der Waals surface area contributed by atoms with E-state index in [-0.39, 0.29) is 10.8 Å². The number of aromatic nitrogens is 4. The zero-order valence-corrected chi connectivity index (χ0v) is 10.3. The van der Waals surface area contributed by atoms with Crippen molar-refractivity contribution < 1.29 is 13.2 Å². The lowest BCUT2D eigenvalue weighted by atomic mass is 10.3. The maximum atomic E-state index is 12.4. The molecule has 2 aromatic rings.